The summed E-state index contributed by atoms with van der Waals surface area (Å²) in [5.74, 6) is 0. The van der Waals surface area contributed by atoms with Crippen LogP contribution in [0.4, 0.5) is 13.2 Å². The maximum Gasteiger partial charge on any atom is 0.523 e. The Kier molecular flexibility index (Phi) is 3.35. The molecule has 0 heterocycles. The van der Waals surface area contributed by atoms with Crippen LogP contribution in [-0.2, 0) is 14.3 Å². The van der Waals surface area contributed by atoms with Gasteiger partial charge in [0.15, 0.2) is 0 Å². The van der Waals surface area contributed by atoms with Crippen molar-refractivity contribution in [3.05, 3.63) is 0 Å². The van der Waals surface area contributed by atoms with E-state index in [1.54, 1.807) is 6.92 Å². The van der Waals surface area contributed by atoms with Crippen LogP contribution in [0.15, 0.2) is 0 Å². The number of alkyl halides is 3. The first-order chi connectivity index (χ1) is 6.66. The summed E-state index contributed by atoms with van der Waals surface area (Å²) in [5.41, 5.74) is -5.75. The first-order valence-electron chi connectivity index (χ1n) is 4.62. The van der Waals surface area contributed by atoms with Gasteiger partial charge in [0, 0.05) is 0 Å². The zero-order valence-corrected chi connectivity index (χ0v) is 9.12. The Morgan fingerprint density at radius 1 is 1.27 bits per heavy atom. The molecule has 0 unspecified atom stereocenters. The van der Waals surface area contributed by atoms with Crippen molar-refractivity contribution in [3.8, 4) is 0 Å². The van der Waals surface area contributed by atoms with Crippen LogP contribution in [-0.4, -0.2) is 20.5 Å². The molecule has 1 rings (SSSR count). The van der Waals surface area contributed by atoms with E-state index in [9.17, 15) is 21.6 Å². The third-order valence-electron chi connectivity index (χ3n) is 2.66. The quantitative estimate of drug-likeness (QED) is 0.567. The Morgan fingerprint density at radius 2 is 1.73 bits per heavy atom. The third kappa shape index (κ3) is 3.07. The van der Waals surface area contributed by atoms with E-state index in [0.717, 1.165) is 12.8 Å². The standard InChI is InChI=1S/C8H13F3O3S/c1-7(4-2-3-5-7)6-14-15(12,13)8(9,10)11/h2-6H2,1H3. The summed E-state index contributed by atoms with van der Waals surface area (Å²) in [6, 6.07) is 0. The summed E-state index contributed by atoms with van der Waals surface area (Å²) in [4.78, 5) is 0. The number of hydrogen-bond acceptors (Lipinski definition) is 3. The number of hydrogen-bond donors (Lipinski definition) is 0. The summed E-state index contributed by atoms with van der Waals surface area (Å²) in [7, 11) is -5.42. The molecule has 1 aliphatic rings. The van der Waals surface area contributed by atoms with Gasteiger partial charge in [0.1, 0.15) is 0 Å². The Balaban J connectivity index is 2.57. The molecule has 0 aliphatic heterocycles. The lowest BCUT2D eigenvalue weighted by Gasteiger charge is -2.22. The highest BCUT2D eigenvalue weighted by Crippen LogP contribution is 2.38. The largest absolute Gasteiger partial charge is 0.523 e. The van der Waals surface area contributed by atoms with Crippen molar-refractivity contribution in [2.75, 3.05) is 6.61 Å². The van der Waals surface area contributed by atoms with Gasteiger partial charge in [0.25, 0.3) is 0 Å². The molecule has 0 N–H and O–H groups in total. The zero-order chi connectivity index (χ0) is 11.7. The molecule has 0 saturated heterocycles. The fourth-order valence-corrected chi connectivity index (χ4v) is 2.23. The van der Waals surface area contributed by atoms with E-state index >= 15 is 0 Å². The van der Waals surface area contributed by atoms with Gasteiger partial charge in [-0.25, -0.2) is 0 Å². The Morgan fingerprint density at radius 3 is 2.13 bits per heavy atom. The van der Waals surface area contributed by atoms with Crippen LogP contribution in [0.25, 0.3) is 0 Å². The molecule has 0 bridgehead atoms. The summed E-state index contributed by atoms with van der Waals surface area (Å²) in [6.07, 6.45) is 3.23. The first kappa shape index (κ1) is 12.8. The summed E-state index contributed by atoms with van der Waals surface area (Å²) >= 11 is 0. The fourth-order valence-electron chi connectivity index (χ4n) is 1.66. The molecule has 0 atom stereocenters. The van der Waals surface area contributed by atoms with E-state index in [4.69, 9.17) is 0 Å². The van der Waals surface area contributed by atoms with Crippen LogP contribution in [0.5, 0.6) is 0 Å². The molecule has 0 amide bonds. The minimum Gasteiger partial charge on any atom is -0.263 e. The molecular weight excluding hydrogens is 233 g/mol. The molecule has 0 radical (unpaired) electrons. The van der Waals surface area contributed by atoms with Crippen molar-refractivity contribution < 1.29 is 25.8 Å². The van der Waals surface area contributed by atoms with Gasteiger partial charge in [-0.3, -0.25) is 4.18 Å². The number of rotatable bonds is 3. The van der Waals surface area contributed by atoms with Gasteiger partial charge in [-0.1, -0.05) is 19.8 Å². The highest BCUT2D eigenvalue weighted by molar-refractivity contribution is 7.87. The van der Waals surface area contributed by atoms with Crippen molar-refractivity contribution in [3.63, 3.8) is 0 Å². The predicted octanol–water partition coefficient (Wildman–Crippen LogP) is 2.43. The van der Waals surface area contributed by atoms with Gasteiger partial charge in [0.05, 0.1) is 6.61 Å². The highest BCUT2D eigenvalue weighted by atomic mass is 32.2. The molecule has 15 heavy (non-hydrogen) atoms. The summed E-state index contributed by atoms with van der Waals surface area (Å²) in [5, 5.41) is 0. The zero-order valence-electron chi connectivity index (χ0n) is 8.30. The Labute approximate surface area is 86.7 Å². The molecule has 0 aromatic carbocycles. The maximum atomic E-state index is 11.9. The second kappa shape index (κ2) is 3.93. The normalized spacial score (nSPS) is 21.9. The van der Waals surface area contributed by atoms with Crippen molar-refractivity contribution in [2.45, 2.75) is 38.1 Å². The maximum absolute atomic E-state index is 11.9. The van der Waals surface area contributed by atoms with Crippen molar-refractivity contribution in [1.29, 1.82) is 0 Å². The average Bonchev–Trinajstić information content (AvgIpc) is 2.48. The third-order valence-corrected chi connectivity index (χ3v) is 3.65. The first-order valence-corrected chi connectivity index (χ1v) is 6.03. The molecule has 7 heteroatoms. The van der Waals surface area contributed by atoms with Crippen molar-refractivity contribution in [1.82, 2.24) is 0 Å². The highest BCUT2D eigenvalue weighted by Gasteiger charge is 2.48. The van der Waals surface area contributed by atoms with Gasteiger partial charge in [-0.2, -0.15) is 21.6 Å². The van der Waals surface area contributed by atoms with E-state index in [2.05, 4.69) is 4.18 Å². The molecule has 0 spiro atoms. The molecule has 3 nitrogen and oxygen atoms in total. The Hall–Kier alpha value is -0.300. The topological polar surface area (TPSA) is 43.4 Å². The van der Waals surface area contributed by atoms with Gasteiger partial charge < -0.3 is 0 Å². The van der Waals surface area contributed by atoms with Crippen LogP contribution in [0, 0.1) is 5.41 Å². The van der Waals surface area contributed by atoms with E-state index in [-0.39, 0.29) is 6.61 Å². The lowest BCUT2D eigenvalue weighted by molar-refractivity contribution is -0.0563. The SMILES string of the molecule is CC1(COS(=O)(=O)C(F)(F)F)CCCC1. The van der Waals surface area contributed by atoms with Crippen LogP contribution in [0.3, 0.4) is 0 Å². The Bertz CT molecular complexity index is 315. The van der Waals surface area contributed by atoms with Gasteiger partial charge in [-0.15, -0.1) is 0 Å². The molecule has 1 saturated carbocycles. The van der Waals surface area contributed by atoms with E-state index < -0.39 is 21.0 Å². The van der Waals surface area contributed by atoms with Gasteiger partial charge >= 0.3 is 15.6 Å². The molecular formula is C8H13F3O3S. The molecule has 0 aromatic heterocycles. The second-order valence-corrected chi connectivity index (χ2v) is 5.79. The average molecular weight is 246 g/mol. The smallest absolute Gasteiger partial charge is 0.263 e. The summed E-state index contributed by atoms with van der Waals surface area (Å²) in [6.45, 7) is 1.36. The van der Waals surface area contributed by atoms with Crippen molar-refractivity contribution >= 4 is 10.1 Å². The lowest BCUT2D eigenvalue weighted by Crippen LogP contribution is -2.30. The fraction of sp³-hybridized carbons (Fsp3) is 1.00. The summed E-state index contributed by atoms with van der Waals surface area (Å²) < 4.78 is 61.0. The van der Waals surface area contributed by atoms with Gasteiger partial charge in [-0.05, 0) is 18.3 Å². The molecule has 1 aliphatic carbocycles. The molecule has 0 aromatic rings. The van der Waals surface area contributed by atoms with E-state index in [1.165, 1.54) is 0 Å². The van der Waals surface area contributed by atoms with Crippen LogP contribution >= 0.6 is 0 Å². The minimum absolute atomic E-state index is 0.380. The molecule has 90 valence electrons. The minimum atomic E-state index is -5.42. The van der Waals surface area contributed by atoms with E-state index in [0.29, 0.717) is 12.8 Å². The number of halogens is 3. The monoisotopic (exact) mass is 246 g/mol. The van der Waals surface area contributed by atoms with Crippen LogP contribution in [0.1, 0.15) is 32.6 Å². The van der Waals surface area contributed by atoms with E-state index in [1.807, 2.05) is 0 Å². The van der Waals surface area contributed by atoms with Crippen LogP contribution in [0.2, 0.25) is 0 Å². The van der Waals surface area contributed by atoms with Gasteiger partial charge in [0.2, 0.25) is 0 Å². The lowest BCUT2D eigenvalue weighted by atomic mass is 9.90. The molecule has 1 fully saturated rings. The van der Waals surface area contributed by atoms with Crippen LogP contribution < -0.4 is 0 Å². The van der Waals surface area contributed by atoms with Crippen molar-refractivity contribution in [2.24, 2.45) is 5.41 Å². The second-order valence-electron chi connectivity index (χ2n) is 4.18. The predicted molar refractivity (Wildman–Crippen MR) is 47.5 cm³/mol.